The summed E-state index contributed by atoms with van der Waals surface area (Å²) in [6.45, 7) is 3.74. The molecule has 21 heavy (non-hydrogen) atoms. The number of rotatable bonds is 4. The van der Waals surface area contributed by atoms with Gasteiger partial charge in [-0.15, -0.1) is 0 Å². The molecule has 5 nitrogen and oxygen atoms in total. The van der Waals surface area contributed by atoms with Crippen molar-refractivity contribution < 1.29 is 4.79 Å². The third-order valence-corrected chi connectivity index (χ3v) is 4.26. The monoisotopic (exact) mass is 390 g/mol. The number of amides is 1. The fraction of sp³-hybridized carbons (Fsp3) is 0.308. The van der Waals surface area contributed by atoms with Gasteiger partial charge in [0.15, 0.2) is 5.82 Å². The van der Waals surface area contributed by atoms with E-state index in [4.69, 9.17) is 23.2 Å². The van der Waals surface area contributed by atoms with Crippen LogP contribution >= 0.6 is 39.1 Å². The van der Waals surface area contributed by atoms with E-state index in [-0.39, 0.29) is 10.7 Å². The maximum absolute atomic E-state index is 12.0. The zero-order valence-corrected chi connectivity index (χ0v) is 14.5. The van der Waals surface area contributed by atoms with Gasteiger partial charge in [-0.2, -0.15) is 9.78 Å². The van der Waals surface area contributed by atoms with E-state index in [9.17, 15) is 4.79 Å². The minimum Gasteiger partial charge on any atom is -0.310 e. The molecule has 0 bridgehead atoms. The molecule has 0 saturated carbocycles. The third kappa shape index (κ3) is 3.75. The number of nitrogens with zero attached hydrogens (tertiary/aromatic N) is 3. The molecule has 0 radical (unpaired) electrons. The first-order valence-corrected chi connectivity index (χ1v) is 7.92. The Hall–Kier alpha value is -1.11. The number of carbonyl (C=O) groups is 1. The van der Waals surface area contributed by atoms with Crippen LogP contribution in [0.1, 0.15) is 19.0 Å². The van der Waals surface area contributed by atoms with E-state index in [2.05, 4.69) is 31.3 Å². The molecule has 0 aliphatic heterocycles. The normalized spacial score (nSPS) is 12.2. The van der Waals surface area contributed by atoms with Gasteiger partial charge in [0.2, 0.25) is 5.91 Å². The van der Waals surface area contributed by atoms with Crippen molar-refractivity contribution in [1.82, 2.24) is 14.8 Å². The van der Waals surface area contributed by atoms with Crippen molar-refractivity contribution in [2.24, 2.45) is 0 Å². The Morgan fingerprint density at radius 1 is 1.48 bits per heavy atom. The van der Waals surface area contributed by atoms with E-state index in [1.807, 2.05) is 13.8 Å². The molecule has 0 saturated heterocycles. The predicted octanol–water partition coefficient (Wildman–Crippen LogP) is 3.99. The third-order valence-electron chi connectivity index (χ3n) is 2.71. The maximum atomic E-state index is 12.0. The highest BCUT2D eigenvalue weighted by atomic mass is 79.9. The Labute approximate surface area is 140 Å². The second-order valence-electron chi connectivity index (χ2n) is 4.41. The Morgan fingerprint density at radius 3 is 2.81 bits per heavy atom. The van der Waals surface area contributed by atoms with Crippen LogP contribution in [0.4, 0.5) is 5.82 Å². The number of carbonyl (C=O) groups excluding carboxylic acids is 1. The van der Waals surface area contributed by atoms with Crippen LogP contribution in [-0.2, 0) is 4.79 Å². The van der Waals surface area contributed by atoms with Gasteiger partial charge in [-0.3, -0.25) is 4.79 Å². The zero-order chi connectivity index (χ0) is 15.6. The molecule has 2 aromatic heterocycles. The van der Waals surface area contributed by atoms with Crippen LogP contribution in [0.25, 0.3) is 5.82 Å². The number of pyridine rings is 1. The topological polar surface area (TPSA) is 59.8 Å². The summed E-state index contributed by atoms with van der Waals surface area (Å²) in [6, 6.07) is 3.33. The highest BCUT2D eigenvalue weighted by molar-refractivity contribution is 9.10. The van der Waals surface area contributed by atoms with Crippen LogP contribution in [0, 0.1) is 6.92 Å². The van der Waals surface area contributed by atoms with Crippen molar-refractivity contribution in [3.63, 3.8) is 0 Å². The van der Waals surface area contributed by atoms with Crippen molar-refractivity contribution in [3.05, 3.63) is 34.1 Å². The zero-order valence-electron chi connectivity index (χ0n) is 11.4. The van der Waals surface area contributed by atoms with Crippen molar-refractivity contribution in [2.45, 2.75) is 25.1 Å². The summed E-state index contributed by atoms with van der Waals surface area (Å²) in [6.07, 6.45) is 2.16. The predicted molar refractivity (Wildman–Crippen MR) is 87.8 cm³/mol. The van der Waals surface area contributed by atoms with Crippen molar-refractivity contribution >= 4 is 50.9 Å². The lowest BCUT2D eigenvalue weighted by Crippen LogP contribution is -2.23. The van der Waals surface area contributed by atoms with Crippen molar-refractivity contribution in [3.8, 4) is 5.82 Å². The molecule has 1 amide bonds. The van der Waals surface area contributed by atoms with E-state index in [1.165, 1.54) is 10.9 Å². The number of aromatic nitrogens is 3. The molecule has 2 heterocycles. The molecular formula is C13H13BrCl2N4O. The lowest BCUT2D eigenvalue weighted by atomic mass is 10.3. The van der Waals surface area contributed by atoms with Gasteiger partial charge < -0.3 is 5.32 Å². The fourth-order valence-corrected chi connectivity index (χ4v) is 2.28. The van der Waals surface area contributed by atoms with E-state index >= 15 is 0 Å². The molecular weight excluding hydrogens is 379 g/mol. The van der Waals surface area contributed by atoms with Gasteiger partial charge in [-0.1, -0.05) is 46.1 Å². The molecule has 8 heteroatoms. The van der Waals surface area contributed by atoms with Gasteiger partial charge in [0.25, 0.3) is 0 Å². The summed E-state index contributed by atoms with van der Waals surface area (Å²) < 4.78 is 1.49. The smallest absolute Gasteiger partial charge is 0.239 e. The highest BCUT2D eigenvalue weighted by Gasteiger charge is 2.18. The van der Waals surface area contributed by atoms with E-state index in [1.54, 1.807) is 12.1 Å². The van der Waals surface area contributed by atoms with Crippen LogP contribution in [0.5, 0.6) is 0 Å². The minimum absolute atomic E-state index is 0.149. The number of alkyl halides is 1. The first kappa shape index (κ1) is 16.3. The number of aryl methyl sites for hydroxylation is 1. The molecule has 0 fully saturated rings. The average Bonchev–Trinajstić information content (AvgIpc) is 2.78. The van der Waals surface area contributed by atoms with Crippen LogP contribution in [0.15, 0.2) is 18.3 Å². The second kappa shape index (κ2) is 6.77. The highest BCUT2D eigenvalue weighted by Crippen LogP contribution is 2.25. The number of halogens is 3. The van der Waals surface area contributed by atoms with Gasteiger partial charge >= 0.3 is 0 Å². The van der Waals surface area contributed by atoms with E-state index in [0.29, 0.717) is 28.1 Å². The first-order valence-electron chi connectivity index (χ1n) is 6.25. The summed E-state index contributed by atoms with van der Waals surface area (Å²) in [5.74, 6) is 0.767. The molecule has 1 atom stereocenters. The van der Waals surface area contributed by atoms with Gasteiger partial charge in [0.1, 0.15) is 5.82 Å². The number of anilines is 1. The van der Waals surface area contributed by atoms with Crippen molar-refractivity contribution in [2.75, 3.05) is 5.32 Å². The number of hydrogen-bond acceptors (Lipinski definition) is 3. The summed E-state index contributed by atoms with van der Waals surface area (Å²) >= 11 is 15.3. The first-order chi connectivity index (χ1) is 9.92. The summed E-state index contributed by atoms with van der Waals surface area (Å²) in [5, 5.41) is 7.90. The van der Waals surface area contributed by atoms with Crippen LogP contribution in [0.2, 0.25) is 10.0 Å². The maximum Gasteiger partial charge on any atom is 0.239 e. The van der Waals surface area contributed by atoms with E-state index < -0.39 is 0 Å². The van der Waals surface area contributed by atoms with Gasteiger partial charge in [-0.05, 0) is 19.4 Å². The van der Waals surface area contributed by atoms with E-state index in [0.717, 1.165) is 5.69 Å². The molecule has 2 aromatic rings. The molecule has 1 N–H and O–H groups in total. The van der Waals surface area contributed by atoms with Crippen LogP contribution in [-0.4, -0.2) is 25.5 Å². The molecule has 2 rings (SSSR count). The minimum atomic E-state index is -0.269. The number of nitrogens with one attached hydrogen (secondary N) is 1. The molecule has 0 spiro atoms. The van der Waals surface area contributed by atoms with Crippen LogP contribution in [0.3, 0.4) is 0 Å². The SMILES string of the molecule is CCC(Br)C(=O)Nc1cc(C)nn1-c1ncc(Cl)cc1Cl. The second-order valence-corrected chi connectivity index (χ2v) is 6.36. The number of hydrogen-bond donors (Lipinski definition) is 1. The van der Waals surface area contributed by atoms with Gasteiger partial charge in [0.05, 0.1) is 20.6 Å². The summed E-state index contributed by atoms with van der Waals surface area (Å²) in [5.41, 5.74) is 0.737. The van der Waals surface area contributed by atoms with Crippen LogP contribution < -0.4 is 5.32 Å². The molecule has 0 aliphatic rings. The Balaban J connectivity index is 2.39. The molecule has 0 aromatic carbocycles. The Kier molecular flexibility index (Phi) is 5.24. The molecule has 112 valence electrons. The summed E-state index contributed by atoms with van der Waals surface area (Å²) in [4.78, 5) is 15.9. The average molecular weight is 392 g/mol. The molecule has 1 unspecified atom stereocenters. The lowest BCUT2D eigenvalue weighted by Gasteiger charge is -2.11. The van der Waals surface area contributed by atoms with Gasteiger partial charge in [0, 0.05) is 12.3 Å². The van der Waals surface area contributed by atoms with Gasteiger partial charge in [-0.25, -0.2) is 4.98 Å². The standard InChI is InChI=1S/C13H13BrCl2N4O/c1-3-9(14)13(21)18-11-4-7(2)19-20(11)12-10(16)5-8(15)6-17-12/h4-6,9H,3H2,1-2H3,(H,18,21). The van der Waals surface area contributed by atoms with Crippen molar-refractivity contribution in [1.29, 1.82) is 0 Å². The molecule has 0 aliphatic carbocycles. The largest absolute Gasteiger partial charge is 0.310 e. The fourth-order valence-electron chi connectivity index (χ4n) is 1.70. The Morgan fingerprint density at radius 2 is 2.19 bits per heavy atom. The lowest BCUT2D eigenvalue weighted by molar-refractivity contribution is -0.115. The Bertz CT molecular complexity index is 674. The summed E-state index contributed by atoms with van der Waals surface area (Å²) in [7, 11) is 0. The quantitative estimate of drug-likeness (QED) is 0.801.